The SMILES string of the molecule is Nc1ccc(Br)cc1NCC(O)C(F)F. The van der Waals surface area contributed by atoms with Gasteiger partial charge >= 0.3 is 0 Å². The third kappa shape index (κ3) is 3.64. The number of anilines is 2. The van der Waals surface area contributed by atoms with Gasteiger partial charge in [-0.2, -0.15) is 0 Å². The molecule has 15 heavy (non-hydrogen) atoms. The number of nitrogens with one attached hydrogen (secondary N) is 1. The van der Waals surface area contributed by atoms with Crippen molar-refractivity contribution in [1.29, 1.82) is 0 Å². The molecule has 0 spiro atoms. The number of aliphatic hydroxyl groups is 1. The molecule has 0 amide bonds. The number of benzene rings is 1. The van der Waals surface area contributed by atoms with Crippen molar-refractivity contribution in [3.63, 3.8) is 0 Å². The standard InChI is InChI=1S/C9H11BrF2N2O/c10-5-1-2-6(13)7(3-5)14-4-8(15)9(11)12/h1-3,8-9,14-15H,4,13H2. The van der Waals surface area contributed by atoms with Crippen molar-refractivity contribution in [2.24, 2.45) is 0 Å². The van der Waals surface area contributed by atoms with E-state index in [9.17, 15) is 8.78 Å². The van der Waals surface area contributed by atoms with Crippen LogP contribution in [0.2, 0.25) is 0 Å². The third-order valence-electron chi connectivity index (χ3n) is 1.81. The molecule has 1 atom stereocenters. The molecule has 0 aromatic heterocycles. The fraction of sp³-hybridized carbons (Fsp3) is 0.333. The number of nitrogen functional groups attached to an aromatic ring is 1. The van der Waals surface area contributed by atoms with E-state index in [4.69, 9.17) is 10.8 Å². The number of rotatable bonds is 4. The molecule has 84 valence electrons. The highest BCUT2D eigenvalue weighted by atomic mass is 79.9. The Morgan fingerprint density at radius 3 is 2.73 bits per heavy atom. The summed E-state index contributed by atoms with van der Waals surface area (Å²) in [5.74, 6) is 0. The lowest BCUT2D eigenvalue weighted by Gasteiger charge is -2.13. The minimum Gasteiger partial charge on any atom is -0.397 e. The van der Waals surface area contributed by atoms with E-state index >= 15 is 0 Å². The summed E-state index contributed by atoms with van der Waals surface area (Å²) < 4.78 is 24.7. The van der Waals surface area contributed by atoms with Crippen LogP contribution in [-0.4, -0.2) is 24.2 Å². The molecule has 0 fully saturated rings. The van der Waals surface area contributed by atoms with Crippen molar-refractivity contribution in [3.8, 4) is 0 Å². The molecule has 1 rings (SSSR count). The van der Waals surface area contributed by atoms with Gasteiger partial charge in [-0.05, 0) is 18.2 Å². The highest BCUT2D eigenvalue weighted by molar-refractivity contribution is 9.10. The van der Waals surface area contributed by atoms with Gasteiger partial charge < -0.3 is 16.2 Å². The van der Waals surface area contributed by atoms with Gasteiger partial charge in [-0.25, -0.2) is 8.78 Å². The topological polar surface area (TPSA) is 58.3 Å². The Balaban J connectivity index is 2.61. The van der Waals surface area contributed by atoms with E-state index in [0.29, 0.717) is 11.4 Å². The van der Waals surface area contributed by atoms with Crippen LogP contribution in [0.4, 0.5) is 20.2 Å². The first-order chi connectivity index (χ1) is 7.00. The summed E-state index contributed by atoms with van der Waals surface area (Å²) in [6, 6.07) is 5.04. The van der Waals surface area contributed by atoms with E-state index in [1.807, 2.05) is 0 Å². The van der Waals surface area contributed by atoms with E-state index < -0.39 is 12.5 Å². The molecule has 1 aromatic rings. The van der Waals surface area contributed by atoms with E-state index in [0.717, 1.165) is 4.47 Å². The average molecular weight is 281 g/mol. The molecule has 0 heterocycles. The number of aliphatic hydroxyl groups excluding tert-OH is 1. The number of hydrogen-bond donors (Lipinski definition) is 3. The van der Waals surface area contributed by atoms with Crippen LogP contribution >= 0.6 is 15.9 Å². The fourth-order valence-electron chi connectivity index (χ4n) is 0.985. The normalized spacial score (nSPS) is 12.9. The number of halogens is 3. The Morgan fingerprint density at radius 2 is 2.13 bits per heavy atom. The van der Waals surface area contributed by atoms with Crippen molar-refractivity contribution < 1.29 is 13.9 Å². The van der Waals surface area contributed by atoms with E-state index in [1.54, 1.807) is 18.2 Å². The van der Waals surface area contributed by atoms with Crippen molar-refractivity contribution >= 4 is 27.3 Å². The van der Waals surface area contributed by atoms with Gasteiger partial charge in [0.2, 0.25) is 0 Å². The lowest BCUT2D eigenvalue weighted by Crippen LogP contribution is -2.27. The minimum atomic E-state index is -2.76. The molecular formula is C9H11BrF2N2O. The van der Waals surface area contributed by atoms with Gasteiger partial charge in [-0.3, -0.25) is 0 Å². The summed E-state index contributed by atoms with van der Waals surface area (Å²) >= 11 is 3.23. The van der Waals surface area contributed by atoms with Crippen LogP contribution in [0.1, 0.15) is 0 Å². The van der Waals surface area contributed by atoms with Crippen molar-refractivity contribution in [1.82, 2.24) is 0 Å². The number of nitrogens with two attached hydrogens (primary N) is 1. The lowest BCUT2D eigenvalue weighted by molar-refractivity contribution is 0.00385. The molecule has 0 aliphatic carbocycles. The molecule has 1 unspecified atom stereocenters. The summed E-state index contributed by atoms with van der Waals surface area (Å²) in [6.07, 6.45) is -4.45. The quantitative estimate of drug-likeness (QED) is 0.740. The van der Waals surface area contributed by atoms with Gasteiger partial charge in [0.25, 0.3) is 6.43 Å². The van der Waals surface area contributed by atoms with Gasteiger partial charge in [0.05, 0.1) is 11.4 Å². The number of hydrogen-bond acceptors (Lipinski definition) is 3. The maximum Gasteiger partial charge on any atom is 0.265 e. The van der Waals surface area contributed by atoms with Gasteiger partial charge in [0.15, 0.2) is 0 Å². The van der Waals surface area contributed by atoms with Crippen LogP contribution in [0.25, 0.3) is 0 Å². The highest BCUT2D eigenvalue weighted by Gasteiger charge is 2.16. The van der Waals surface area contributed by atoms with Crippen LogP contribution in [0.3, 0.4) is 0 Å². The molecule has 0 bridgehead atoms. The van der Waals surface area contributed by atoms with Gasteiger partial charge in [-0.15, -0.1) is 0 Å². The molecule has 4 N–H and O–H groups in total. The molecule has 1 aromatic carbocycles. The predicted molar refractivity (Wildman–Crippen MR) is 59.1 cm³/mol. The second-order valence-corrected chi connectivity index (χ2v) is 3.93. The first-order valence-corrected chi connectivity index (χ1v) is 5.05. The van der Waals surface area contributed by atoms with Crippen LogP contribution in [0.15, 0.2) is 22.7 Å². The van der Waals surface area contributed by atoms with Gasteiger partial charge in [-0.1, -0.05) is 15.9 Å². The number of alkyl halides is 2. The molecule has 3 nitrogen and oxygen atoms in total. The van der Waals surface area contributed by atoms with Crippen LogP contribution < -0.4 is 11.1 Å². The second-order valence-electron chi connectivity index (χ2n) is 3.01. The molecule has 0 aliphatic heterocycles. The van der Waals surface area contributed by atoms with Gasteiger partial charge in [0.1, 0.15) is 6.10 Å². The summed E-state index contributed by atoms with van der Waals surface area (Å²) in [4.78, 5) is 0. The Morgan fingerprint density at radius 1 is 1.47 bits per heavy atom. The summed E-state index contributed by atoms with van der Waals surface area (Å²) in [5, 5.41) is 11.5. The zero-order chi connectivity index (χ0) is 11.4. The maximum atomic E-state index is 12.0. The van der Waals surface area contributed by atoms with Crippen LogP contribution in [0.5, 0.6) is 0 Å². The summed E-state index contributed by atoms with van der Waals surface area (Å²) in [5.41, 5.74) is 6.56. The second kappa shape index (κ2) is 5.27. The molecule has 0 radical (unpaired) electrons. The third-order valence-corrected chi connectivity index (χ3v) is 2.30. The monoisotopic (exact) mass is 280 g/mol. The van der Waals surface area contributed by atoms with Gasteiger partial charge in [0, 0.05) is 11.0 Å². The smallest absolute Gasteiger partial charge is 0.265 e. The van der Waals surface area contributed by atoms with Crippen molar-refractivity contribution in [2.45, 2.75) is 12.5 Å². The Labute approximate surface area is 94.4 Å². The molecule has 6 heteroatoms. The molecule has 0 saturated carbocycles. The zero-order valence-corrected chi connectivity index (χ0v) is 9.34. The van der Waals surface area contributed by atoms with Crippen molar-refractivity contribution in [3.05, 3.63) is 22.7 Å². The van der Waals surface area contributed by atoms with Crippen molar-refractivity contribution in [2.75, 3.05) is 17.6 Å². The minimum absolute atomic E-state index is 0.238. The van der Waals surface area contributed by atoms with Crippen LogP contribution in [-0.2, 0) is 0 Å². The van der Waals surface area contributed by atoms with E-state index in [2.05, 4.69) is 21.2 Å². The predicted octanol–water partition coefficient (Wildman–Crippen LogP) is 2.07. The maximum absolute atomic E-state index is 12.0. The van der Waals surface area contributed by atoms with E-state index in [1.165, 1.54) is 0 Å². The summed E-state index contributed by atoms with van der Waals surface area (Å²) in [7, 11) is 0. The average Bonchev–Trinajstić information content (AvgIpc) is 2.18. The Hall–Kier alpha value is -0.880. The largest absolute Gasteiger partial charge is 0.397 e. The first-order valence-electron chi connectivity index (χ1n) is 4.26. The molecule has 0 aliphatic rings. The zero-order valence-electron chi connectivity index (χ0n) is 7.75. The fourth-order valence-corrected chi connectivity index (χ4v) is 1.35. The van der Waals surface area contributed by atoms with Crippen LogP contribution in [0, 0.1) is 0 Å². The molecule has 0 saturated heterocycles. The first kappa shape index (κ1) is 12.2. The van der Waals surface area contributed by atoms with E-state index in [-0.39, 0.29) is 6.54 Å². The Bertz CT molecular complexity index is 336. The Kier molecular flexibility index (Phi) is 4.28. The summed E-state index contributed by atoms with van der Waals surface area (Å²) in [6.45, 7) is -0.238. The molecular weight excluding hydrogens is 270 g/mol. The highest BCUT2D eigenvalue weighted by Crippen LogP contribution is 2.23. The lowest BCUT2D eigenvalue weighted by atomic mass is 10.2.